The zero-order valence-electron chi connectivity index (χ0n) is 10.8. The Kier molecular flexibility index (Phi) is 9.43. The Labute approximate surface area is 103 Å². The third-order valence-corrected chi connectivity index (χ3v) is 2.45. The van der Waals surface area contributed by atoms with Gasteiger partial charge in [-0.05, 0) is 19.8 Å². The maximum Gasteiger partial charge on any atom is 0.305 e. The van der Waals surface area contributed by atoms with Gasteiger partial charge >= 0.3 is 5.97 Å². The molecule has 0 rings (SSSR count). The largest absolute Gasteiger partial charge is 0.466 e. The van der Waals surface area contributed by atoms with Crippen LogP contribution in [0.25, 0.3) is 0 Å². The Morgan fingerprint density at radius 1 is 1.35 bits per heavy atom. The number of ether oxygens (including phenoxy) is 1. The fourth-order valence-electron chi connectivity index (χ4n) is 1.53. The summed E-state index contributed by atoms with van der Waals surface area (Å²) in [6, 6.07) is 0. The first-order chi connectivity index (χ1) is 8.15. The molecule has 0 heterocycles. The molecule has 5 heteroatoms. The van der Waals surface area contributed by atoms with Crippen molar-refractivity contribution < 1.29 is 14.3 Å². The molecule has 1 amide bonds. The molecule has 0 aromatic carbocycles. The second-order valence-electron chi connectivity index (χ2n) is 3.92. The molecule has 0 saturated heterocycles. The van der Waals surface area contributed by atoms with Gasteiger partial charge in [-0.2, -0.15) is 0 Å². The first-order valence-corrected chi connectivity index (χ1v) is 6.29. The average Bonchev–Trinajstić information content (AvgIpc) is 2.31. The monoisotopic (exact) mass is 244 g/mol. The fraction of sp³-hybridized carbons (Fsp3) is 0.833. The molecule has 0 saturated carbocycles. The van der Waals surface area contributed by atoms with Crippen molar-refractivity contribution in [1.82, 2.24) is 5.32 Å². The van der Waals surface area contributed by atoms with E-state index in [0.29, 0.717) is 32.5 Å². The topological polar surface area (TPSA) is 81.4 Å². The highest BCUT2D eigenvalue weighted by molar-refractivity contribution is 5.78. The number of hydrogen-bond acceptors (Lipinski definition) is 4. The van der Waals surface area contributed by atoms with E-state index >= 15 is 0 Å². The Balaban J connectivity index is 3.66. The van der Waals surface area contributed by atoms with Gasteiger partial charge in [0.05, 0.1) is 12.5 Å². The van der Waals surface area contributed by atoms with Crippen LogP contribution >= 0.6 is 0 Å². The number of nitrogens with two attached hydrogens (primary N) is 1. The molecule has 0 aromatic rings. The van der Waals surface area contributed by atoms with Crippen molar-refractivity contribution in [3.05, 3.63) is 0 Å². The van der Waals surface area contributed by atoms with Crippen LogP contribution in [0.2, 0.25) is 0 Å². The third kappa shape index (κ3) is 7.74. The molecule has 0 aliphatic heterocycles. The first-order valence-electron chi connectivity index (χ1n) is 6.29. The minimum atomic E-state index is -0.217. The molecule has 100 valence electrons. The van der Waals surface area contributed by atoms with Crippen molar-refractivity contribution in [2.75, 3.05) is 19.7 Å². The van der Waals surface area contributed by atoms with Crippen LogP contribution in [0.5, 0.6) is 0 Å². The molecule has 0 aromatic heterocycles. The molecular weight excluding hydrogens is 220 g/mol. The number of carbonyl (C=O) groups is 2. The van der Waals surface area contributed by atoms with Crippen molar-refractivity contribution in [2.24, 2.45) is 11.7 Å². The van der Waals surface area contributed by atoms with Gasteiger partial charge in [0, 0.05) is 19.5 Å². The number of hydrogen-bond donors (Lipinski definition) is 2. The Bertz CT molecular complexity index is 232. The van der Waals surface area contributed by atoms with Crippen LogP contribution in [0, 0.1) is 5.92 Å². The van der Waals surface area contributed by atoms with Crippen LogP contribution in [0.4, 0.5) is 0 Å². The lowest BCUT2D eigenvalue weighted by Crippen LogP contribution is -2.35. The molecule has 0 radical (unpaired) electrons. The zero-order valence-corrected chi connectivity index (χ0v) is 10.8. The lowest BCUT2D eigenvalue weighted by atomic mass is 10.0. The van der Waals surface area contributed by atoms with Crippen LogP contribution in [0.1, 0.15) is 39.5 Å². The standard InChI is InChI=1S/C12H24N2O3/c1-3-6-10(9-13)12(16)14-8-5-7-11(15)17-4-2/h10H,3-9,13H2,1-2H3,(H,14,16). The van der Waals surface area contributed by atoms with Gasteiger partial charge in [-0.1, -0.05) is 13.3 Å². The summed E-state index contributed by atoms with van der Waals surface area (Å²) in [6.45, 7) is 5.07. The molecule has 3 N–H and O–H groups in total. The van der Waals surface area contributed by atoms with E-state index in [9.17, 15) is 9.59 Å². The van der Waals surface area contributed by atoms with E-state index in [1.165, 1.54) is 0 Å². The van der Waals surface area contributed by atoms with Gasteiger partial charge in [-0.25, -0.2) is 0 Å². The first kappa shape index (κ1) is 15.9. The van der Waals surface area contributed by atoms with E-state index in [2.05, 4.69) is 5.32 Å². The minimum absolute atomic E-state index is 0.0155. The molecule has 5 nitrogen and oxygen atoms in total. The van der Waals surface area contributed by atoms with Gasteiger partial charge in [0.25, 0.3) is 0 Å². The van der Waals surface area contributed by atoms with E-state index in [0.717, 1.165) is 12.8 Å². The number of esters is 1. The fourth-order valence-corrected chi connectivity index (χ4v) is 1.53. The lowest BCUT2D eigenvalue weighted by molar-refractivity contribution is -0.143. The number of amides is 1. The Morgan fingerprint density at radius 3 is 2.59 bits per heavy atom. The third-order valence-electron chi connectivity index (χ3n) is 2.45. The van der Waals surface area contributed by atoms with Crippen molar-refractivity contribution in [2.45, 2.75) is 39.5 Å². The van der Waals surface area contributed by atoms with Gasteiger partial charge in [-0.3, -0.25) is 9.59 Å². The highest BCUT2D eigenvalue weighted by Gasteiger charge is 2.14. The molecule has 17 heavy (non-hydrogen) atoms. The number of carbonyl (C=O) groups excluding carboxylic acids is 2. The predicted molar refractivity (Wildman–Crippen MR) is 66.3 cm³/mol. The second kappa shape index (κ2) is 10.1. The molecule has 1 atom stereocenters. The Morgan fingerprint density at radius 2 is 2.06 bits per heavy atom. The lowest BCUT2D eigenvalue weighted by Gasteiger charge is -2.13. The average molecular weight is 244 g/mol. The van der Waals surface area contributed by atoms with Crippen LogP contribution in [0.15, 0.2) is 0 Å². The van der Waals surface area contributed by atoms with Gasteiger partial charge in [0.15, 0.2) is 0 Å². The zero-order chi connectivity index (χ0) is 13.1. The van der Waals surface area contributed by atoms with E-state index in [1.807, 2.05) is 6.92 Å². The van der Waals surface area contributed by atoms with Crippen LogP contribution in [-0.2, 0) is 14.3 Å². The summed E-state index contributed by atoms with van der Waals surface area (Å²) < 4.78 is 4.78. The number of nitrogens with one attached hydrogen (secondary N) is 1. The van der Waals surface area contributed by atoms with E-state index < -0.39 is 0 Å². The Hall–Kier alpha value is -1.10. The summed E-state index contributed by atoms with van der Waals surface area (Å²) >= 11 is 0. The summed E-state index contributed by atoms with van der Waals surface area (Å²) in [5.41, 5.74) is 5.52. The molecule has 0 bridgehead atoms. The predicted octanol–water partition coefficient (Wildman–Crippen LogP) is 0.821. The van der Waals surface area contributed by atoms with Gasteiger partial charge < -0.3 is 15.8 Å². The van der Waals surface area contributed by atoms with Crippen LogP contribution in [-0.4, -0.2) is 31.6 Å². The van der Waals surface area contributed by atoms with Crippen molar-refractivity contribution in [3.63, 3.8) is 0 Å². The van der Waals surface area contributed by atoms with E-state index in [-0.39, 0.29) is 17.8 Å². The quantitative estimate of drug-likeness (QED) is 0.465. The molecule has 0 aliphatic rings. The van der Waals surface area contributed by atoms with E-state index in [4.69, 9.17) is 10.5 Å². The summed E-state index contributed by atoms with van der Waals surface area (Å²) in [7, 11) is 0. The van der Waals surface area contributed by atoms with E-state index in [1.54, 1.807) is 6.92 Å². The van der Waals surface area contributed by atoms with Gasteiger partial charge in [-0.15, -0.1) is 0 Å². The number of rotatable bonds is 9. The summed E-state index contributed by atoms with van der Waals surface area (Å²) in [4.78, 5) is 22.7. The summed E-state index contributed by atoms with van der Waals surface area (Å²) in [5, 5.41) is 2.79. The highest BCUT2D eigenvalue weighted by atomic mass is 16.5. The highest BCUT2D eigenvalue weighted by Crippen LogP contribution is 2.04. The maximum absolute atomic E-state index is 11.6. The molecule has 0 spiro atoms. The summed E-state index contributed by atoms with van der Waals surface area (Å²) in [5.74, 6) is -0.341. The van der Waals surface area contributed by atoms with Gasteiger partial charge in [0.2, 0.25) is 5.91 Å². The van der Waals surface area contributed by atoms with Crippen molar-refractivity contribution in [3.8, 4) is 0 Å². The molecule has 1 unspecified atom stereocenters. The molecular formula is C12H24N2O3. The molecule has 0 fully saturated rings. The van der Waals surface area contributed by atoms with Crippen LogP contribution < -0.4 is 11.1 Å². The summed E-state index contributed by atoms with van der Waals surface area (Å²) in [6.07, 6.45) is 2.70. The normalized spacial score (nSPS) is 11.9. The minimum Gasteiger partial charge on any atom is -0.466 e. The SMILES string of the molecule is CCCC(CN)C(=O)NCCCC(=O)OCC. The molecule has 0 aliphatic carbocycles. The van der Waals surface area contributed by atoms with Crippen LogP contribution in [0.3, 0.4) is 0 Å². The van der Waals surface area contributed by atoms with Crippen molar-refractivity contribution in [1.29, 1.82) is 0 Å². The van der Waals surface area contributed by atoms with Crippen molar-refractivity contribution >= 4 is 11.9 Å². The maximum atomic E-state index is 11.6. The van der Waals surface area contributed by atoms with Gasteiger partial charge in [0.1, 0.15) is 0 Å². The smallest absolute Gasteiger partial charge is 0.305 e. The second-order valence-corrected chi connectivity index (χ2v) is 3.92.